The third-order valence-corrected chi connectivity index (χ3v) is 4.86. The number of nitrogens with one attached hydrogen (secondary N) is 1. The Morgan fingerprint density at radius 3 is 2.71 bits per heavy atom. The molecule has 2 fully saturated rings. The van der Waals surface area contributed by atoms with Gasteiger partial charge in [-0.3, -0.25) is 14.8 Å². The van der Waals surface area contributed by atoms with E-state index in [1.165, 1.54) is 6.42 Å². The predicted octanol–water partition coefficient (Wildman–Crippen LogP) is 2.45. The fourth-order valence-corrected chi connectivity index (χ4v) is 3.74. The number of carbonyl (C=O) groups excluding carboxylic acids is 1. The van der Waals surface area contributed by atoms with Crippen molar-refractivity contribution >= 4 is 5.91 Å². The highest BCUT2D eigenvalue weighted by molar-refractivity contribution is 5.89. The van der Waals surface area contributed by atoms with Crippen LogP contribution in [-0.4, -0.2) is 32.7 Å². The number of hydrogen-bond donors (Lipinski definition) is 1. The van der Waals surface area contributed by atoms with Crippen molar-refractivity contribution in [1.29, 1.82) is 0 Å². The molecule has 0 radical (unpaired) electrons. The zero-order chi connectivity index (χ0) is 14.9. The maximum Gasteiger partial charge on any atom is 0.244 e. The molecule has 1 atom stereocenters. The van der Waals surface area contributed by atoms with Crippen LogP contribution in [0.2, 0.25) is 0 Å². The Morgan fingerprint density at radius 1 is 1.33 bits per heavy atom. The maximum absolute atomic E-state index is 13.0. The molecule has 1 spiro atoms. The minimum absolute atomic E-state index is 0.00384. The van der Waals surface area contributed by atoms with Crippen molar-refractivity contribution in [2.75, 3.05) is 6.54 Å². The molecular formula is C16H26N4O. The number of hydrogen-bond acceptors (Lipinski definition) is 3. The molecule has 0 bridgehead atoms. The molecule has 0 unspecified atom stereocenters. The smallest absolute Gasteiger partial charge is 0.244 e. The number of rotatable bonds is 4. The van der Waals surface area contributed by atoms with Gasteiger partial charge in [0, 0.05) is 24.8 Å². The molecule has 3 rings (SSSR count). The highest BCUT2D eigenvalue weighted by Gasteiger charge is 2.51. The summed E-state index contributed by atoms with van der Waals surface area (Å²) in [7, 11) is 0. The lowest BCUT2D eigenvalue weighted by molar-refractivity contribution is -0.134. The number of aromatic nitrogens is 2. The van der Waals surface area contributed by atoms with E-state index in [0.29, 0.717) is 5.91 Å². The van der Waals surface area contributed by atoms with E-state index < -0.39 is 0 Å². The molecule has 1 aromatic heterocycles. The summed E-state index contributed by atoms with van der Waals surface area (Å²) < 4.78 is 1.93. The van der Waals surface area contributed by atoms with Gasteiger partial charge in [-0.05, 0) is 26.2 Å². The van der Waals surface area contributed by atoms with E-state index in [2.05, 4.69) is 30.5 Å². The van der Waals surface area contributed by atoms with E-state index >= 15 is 0 Å². The summed E-state index contributed by atoms with van der Waals surface area (Å²) in [5.41, 5.74) is 0.799. The molecule has 1 amide bonds. The van der Waals surface area contributed by atoms with Gasteiger partial charge in [-0.25, -0.2) is 0 Å². The summed E-state index contributed by atoms with van der Waals surface area (Å²) in [5.74, 6) is 0.304. The molecule has 1 saturated carbocycles. The van der Waals surface area contributed by atoms with Gasteiger partial charge >= 0.3 is 0 Å². The van der Waals surface area contributed by atoms with Crippen molar-refractivity contribution in [2.24, 2.45) is 0 Å². The quantitative estimate of drug-likeness (QED) is 0.926. The fourth-order valence-electron chi connectivity index (χ4n) is 3.74. The van der Waals surface area contributed by atoms with Crippen molar-refractivity contribution in [3.05, 3.63) is 18.0 Å². The third kappa shape index (κ3) is 2.48. The van der Waals surface area contributed by atoms with E-state index in [0.717, 1.165) is 50.8 Å². The van der Waals surface area contributed by atoms with Gasteiger partial charge in [0.2, 0.25) is 5.91 Å². The van der Waals surface area contributed by atoms with Gasteiger partial charge in [0.1, 0.15) is 6.17 Å². The number of amides is 1. The molecule has 5 nitrogen and oxygen atoms in total. The molecule has 1 aliphatic carbocycles. The van der Waals surface area contributed by atoms with Crippen LogP contribution in [0.15, 0.2) is 12.4 Å². The van der Waals surface area contributed by atoms with E-state index in [1.807, 2.05) is 15.8 Å². The van der Waals surface area contributed by atoms with Crippen LogP contribution in [0, 0.1) is 0 Å². The van der Waals surface area contributed by atoms with Gasteiger partial charge < -0.3 is 4.90 Å². The Hall–Kier alpha value is -1.36. The first-order chi connectivity index (χ1) is 10.2. The molecule has 1 aliphatic heterocycles. The van der Waals surface area contributed by atoms with Gasteiger partial charge in [-0.15, -0.1) is 0 Å². The minimum atomic E-state index is -0.313. The number of aryl methyl sites for hydroxylation is 1. The summed E-state index contributed by atoms with van der Waals surface area (Å²) >= 11 is 0. The van der Waals surface area contributed by atoms with Crippen LogP contribution in [0.3, 0.4) is 0 Å². The summed E-state index contributed by atoms with van der Waals surface area (Å²) in [4.78, 5) is 15.0. The van der Waals surface area contributed by atoms with Crippen molar-refractivity contribution in [2.45, 2.75) is 70.6 Å². The van der Waals surface area contributed by atoms with Gasteiger partial charge in [0.05, 0.1) is 11.7 Å². The van der Waals surface area contributed by atoms with Crippen LogP contribution in [-0.2, 0) is 11.3 Å². The van der Waals surface area contributed by atoms with E-state index in [1.54, 1.807) is 0 Å². The van der Waals surface area contributed by atoms with Crippen LogP contribution < -0.4 is 5.32 Å². The molecule has 116 valence electrons. The number of nitrogens with zero attached hydrogens (tertiary/aromatic N) is 3. The molecule has 2 heterocycles. The second kappa shape index (κ2) is 5.79. The fraction of sp³-hybridized carbons (Fsp3) is 0.750. The normalized spacial score (nSPS) is 25.0. The van der Waals surface area contributed by atoms with Crippen LogP contribution in [0.4, 0.5) is 0 Å². The second-order valence-electron chi connectivity index (χ2n) is 6.32. The zero-order valence-electron chi connectivity index (χ0n) is 13.1. The average molecular weight is 290 g/mol. The lowest BCUT2D eigenvalue weighted by Crippen LogP contribution is -2.48. The number of carbonyl (C=O) groups is 1. The average Bonchev–Trinajstić information content (AvgIpc) is 3.08. The summed E-state index contributed by atoms with van der Waals surface area (Å²) in [6.07, 6.45) is 10.5. The minimum Gasteiger partial charge on any atom is -0.321 e. The monoisotopic (exact) mass is 290 g/mol. The molecule has 1 aromatic rings. The van der Waals surface area contributed by atoms with Crippen LogP contribution in [0.5, 0.6) is 0 Å². The molecule has 5 heteroatoms. The Bertz CT molecular complexity index is 504. The summed E-state index contributed by atoms with van der Waals surface area (Å²) in [5, 5.41) is 8.04. The van der Waals surface area contributed by atoms with Gasteiger partial charge in [-0.1, -0.05) is 26.2 Å². The molecule has 0 aromatic carbocycles. The lowest BCUT2D eigenvalue weighted by Gasteiger charge is -2.31. The Morgan fingerprint density at radius 2 is 2.10 bits per heavy atom. The van der Waals surface area contributed by atoms with Crippen molar-refractivity contribution in [3.63, 3.8) is 0 Å². The first-order valence-electron chi connectivity index (χ1n) is 8.31. The van der Waals surface area contributed by atoms with E-state index in [4.69, 9.17) is 0 Å². The van der Waals surface area contributed by atoms with Crippen LogP contribution in [0.1, 0.15) is 64.1 Å². The summed E-state index contributed by atoms with van der Waals surface area (Å²) in [6.45, 7) is 5.89. The summed E-state index contributed by atoms with van der Waals surface area (Å²) in [6, 6.07) is 0. The first-order valence-corrected chi connectivity index (χ1v) is 8.31. The molecular weight excluding hydrogens is 264 g/mol. The maximum atomic E-state index is 13.0. The molecule has 1 saturated heterocycles. The topological polar surface area (TPSA) is 50.2 Å². The highest BCUT2D eigenvalue weighted by Crippen LogP contribution is 2.39. The lowest BCUT2D eigenvalue weighted by atomic mass is 9.81. The largest absolute Gasteiger partial charge is 0.321 e. The Kier molecular flexibility index (Phi) is 4.02. The van der Waals surface area contributed by atoms with Gasteiger partial charge in [0.25, 0.3) is 0 Å². The standard InChI is InChI=1S/C16H26N4O/c1-3-10-20-14(13-11-17-19(4-2)12-13)18-16(15(20)21)8-6-5-7-9-16/h11-12,14,18H,3-10H2,1-2H3/t14-/m1/s1. The van der Waals surface area contributed by atoms with Crippen LogP contribution in [0.25, 0.3) is 0 Å². The Balaban J connectivity index is 1.89. The SMILES string of the molecule is CCCN1C(=O)C2(CCCCC2)N[C@H]1c1cnn(CC)c1. The molecule has 1 N–H and O–H groups in total. The highest BCUT2D eigenvalue weighted by atomic mass is 16.2. The first kappa shape index (κ1) is 14.6. The molecule has 2 aliphatic rings. The Labute approximate surface area is 126 Å². The van der Waals surface area contributed by atoms with E-state index in [-0.39, 0.29) is 11.7 Å². The van der Waals surface area contributed by atoms with Crippen LogP contribution >= 0.6 is 0 Å². The third-order valence-electron chi connectivity index (χ3n) is 4.86. The second-order valence-corrected chi connectivity index (χ2v) is 6.32. The van der Waals surface area contributed by atoms with Crippen molar-refractivity contribution in [1.82, 2.24) is 20.0 Å². The van der Waals surface area contributed by atoms with Crippen molar-refractivity contribution < 1.29 is 4.79 Å². The van der Waals surface area contributed by atoms with Gasteiger partial charge in [0.15, 0.2) is 0 Å². The predicted molar refractivity (Wildman–Crippen MR) is 81.6 cm³/mol. The molecule has 21 heavy (non-hydrogen) atoms. The van der Waals surface area contributed by atoms with E-state index in [9.17, 15) is 4.79 Å². The van der Waals surface area contributed by atoms with Crippen molar-refractivity contribution in [3.8, 4) is 0 Å². The van der Waals surface area contributed by atoms with Gasteiger partial charge in [-0.2, -0.15) is 5.10 Å². The zero-order valence-corrected chi connectivity index (χ0v) is 13.1.